The van der Waals surface area contributed by atoms with Crippen molar-refractivity contribution in [2.45, 2.75) is 13.8 Å². The summed E-state index contributed by atoms with van der Waals surface area (Å²) in [6.45, 7) is 3.45. The molecule has 1 N–H and O–H groups in total. The van der Waals surface area contributed by atoms with Crippen molar-refractivity contribution >= 4 is 5.69 Å². The van der Waals surface area contributed by atoms with E-state index in [1.165, 1.54) is 12.1 Å². The topological polar surface area (TPSA) is 72.6 Å². The molecular weight excluding hydrogens is 246 g/mol. The smallest absolute Gasteiger partial charge is 0.314 e. The molecule has 2 rings (SSSR count). The standard InChI is InChI=1S/C14H13NO4/c1-9-6-11(16)8-12(7-9)19-13-5-3-4-10(2)14(13)15(17)18/h3-8,16H,1-2H3. The van der Waals surface area contributed by atoms with Crippen molar-refractivity contribution in [3.8, 4) is 17.2 Å². The van der Waals surface area contributed by atoms with Crippen LogP contribution in [-0.2, 0) is 0 Å². The molecule has 0 saturated heterocycles. The third-order valence-corrected chi connectivity index (χ3v) is 2.65. The van der Waals surface area contributed by atoms with Crippen LogP contribution in [0.2, 0.25) is 0 Å². The molecule has 0 heterocycles. The number of benzene rings is 2. The molecule has 0 radical (unpaired) electrons. The number of para-hydroxylation sites is 1. The summed E-state index contributed by atoms with van der Waals surface area (Å²) < 4.78 is 5.51. The Labute approximate surface area is 110 Å². The second kappa shape index (κ2) is 4.97. The maximum absolute atomic E-state index is 11.0. The van der Waals surface area contributed by atoms with Crippen molar-refractivity contribution in [1.29, 1.82) is 0 Å². The second-order valence-corrected chi connectivity index (χ2v) is 4.29. The van der Waals surface area contributed by atoms with E-state index >= 15 is 0 Å². The van der Waals surface area contributed by atoms with E-state index in [0.29, 0.717) is 11.3 Å². The Bertz CT molecular complexity index is 617. The molecular formula is C14H13NO4. The fraction of sp³-hybridized carbons (Fsp3) is 0.143. The number of aromatic hydroxyl groups is 1. The van der Waals surface area contributed by atoms with Crippen molar-refractivity contribution in [2.24, 2.45) is 0 Å². The van der Waals surface area contributed by atoms with Crippen LogP contribution in [0.5, 0.6) is 17.2 Å². The van der Waals surface area contributed by atoms with Crippen molar-refractivity contribution in [3.05, 3.63) is 57.6 Å². The zero-order chi connectivity index (χ0) is 14.0. The minimum Gasteiger partial charge on any atom is -0.508 e. The van der Waals surface area contributed by atoms with E-state index in [0.717, 1.165) is 5.56 Å². The molecule has 0 fully saturated rings. The third-order valence-electron chi connectivity index (χ3n) is 2.65. The van der Waals surface area contributed by atoms with Crippen molar-refractivity contribution < 1.29 is 14.8 Å². The molecule has 0 bridgehead atoms. The van der Waals surface area contributed by atoms with Crippen LogP contribution in [-0.4, -0.2) is 10.0 Å². The molecule has 2 aromatic rings. The molecule has 0 aliphatic carbocycles. The summed E-state index contributed by atoms with van der Waals surface area (Å²) in [5, 5.41) is 20.5. The van der Waals surface area contributed by atoms with Gasteiger partial charge in [-0.15, -0.1) is 0 Å². The summed E-state index contributed by atoms with van der Waals surface area (Å²) in [4.78, 5) is 10.6. The molecule has 0 aromatic heterocycles. The van der Waals surface area contributed by atoms with Crippen LogP contribution in [0, 0.1) is 24.0 Å². The first kappa shape index (κ1) is 12.9. The van der Waals surface area contributed by atoms with Gasteiger partial charge in [-0.3, -0.25) is 10.1 Å². The van der Waals surface area contributed by atoms with E-state index in [1.807, 2.05) is 0 Å². The lowest BCUT2D eigenvalue weighted by atomic mass is 10.2. The molecule has 0 aliphatic heterocycles. The lowest BCUT2D eigenvalue weighted by molar-refractivity contribution is -0.386. The number of aryl methyl sites for hydroxylation is 2. The zero-order valence-corrected chi connectivity index (χ0v) is 10.6. The van der Waals surface area contributed by atoms with Gasteiger partial charge < -0.3 is 9.84 Å². The highest BCUT2D eigenvalue weighted by atomic mass is 16.6. The Balaban J connectivity index is 2.43. The molecule has 2 aromatic carbocycles. The van der Waals surface area contributed by atoms with Crippen LogP contribution in [0.25, 0.3) is 0 Å². The SMILES string of the molecule is Cc1cc(O)cc(Oc2cccc(C)c2[N+](=O)[O-])c1. The molecule has 0 amide bonds. The monoisotopic (exact) mass is 259 g/mol. The van der Waals surface area contributed by atoms with Crippen LogP contribution in [0.3, 0.4) is 0 Å². The highest BCUT2D eigenvalue weighted by molar-refractivity contribution is 5.54. The van der Waals surface area contributed by atoms with Crippen LogP contribution in [0.15, 0.2) is 36.4 Å². The first-order valence-electron chi connectivity index (χ1n) is 5.70. The molecule has 0 spiro atoms. The number of rotatable bonds is 3. The zero-order valence-electron chi connectivity index (χ0n) is 10.6. The molecule has 0 unspecified atom stereocenters. The number of phenolic OH excluding ortho intramolecular Hbond substituents is 1. The molecule has 5 nitrogen and oxygen atoms in total. The van der Waals surface area contributed by atoms with E-state index in [9.17, 15) is 15.2 Å². The van der Waals surface area contributed by atoms with E-state index in [1.54, 1.807) is 38.1 Å². The quantitative estimate of drug-likeness (QED) is 0.673. The lowest BCUT2D eigenvalue weighted by Crippen LogP contribution is -1.96. The fourth-order valence-corrected chi connectivity index (χ4v) is 1.86. The summed E-state index contributed by atoms with van der Waals surface area (Å²) >= 11 is 0. The normalized spacial score (nSPS) is 10.2. The van der Waals surface area contributed by atoms with Gasteiger partial charge in [0.1, 0.15) is 11.5 Å². The van der Waals surface area contributed by atoms with Gasteiger partial charge in [0, 0.05) is 11.6 Å². The average molecular weight is 259 g/mol. The summed E-state index contributed by atoms with van der Waals surface area (Å²) in [7, 11) is 0. The third kappa shape index (κ3) is 2.82. The van der Waals surface area contributed by atoms with Gasteiger partial charge in [-0.05, 0) is 37.6 Å². The number of ether oxygens (including phenoxy) is 1. The van der Waals surface area contributed by atoms with E-state index in [2.05, 4.69) is 0 Å². The van der Waals surface area contributed by atoms with Gasteiger partial charge in [0.05, 0.1) is 4.92 Å². The van der Waals surface area contributed by atoms with Gasteiger partial charge in [0.2, 0.25) is 5.75 Å². The van der Waals surface area contributed by atoms with Crippen molar-refractivity contribution in [3.63, 3.8) is 0 Å². The number of nitro benzene ring substituents is 1. The van der Waals surface area contributed by atoms with Gasteiger partial charge in [-0.25, -0.2) is 0 Å². The maximum atomic E-state index is 11.0. The van der Waals surface area contributed by atoms with Crippen LogP contribution >= 0.6 is 0 Å². The number of nitro groups is 1. The first-order chi connectivity index (χ1) is 8.97. The Kier molecular flexibility index (Phi) is 3.37. The van der Waals surface area contributed by atoms with Gasteiger partial charge in [-0.2, -0.15) is 0 Å². The number of nitrogens with zero attached hydrogens (tertiary/aromatic N) is 1. The van der Waals surface area contributed by atoms with Crippen LogP contribution in [0.1, 0.15) is 11.1 Å². The van der Waals surface area contributed by atoms with Crippen molar-refractivity contribution in [2.75, 3.05) is 0 Å². The van der Waals surface area contributed by atoms with Gasteiger partial charge >= 0.3 is 5.69 Å². The molecule has 0 saturated carbocycles. The Hall–Kier alpha value is -2.56. The summed E-state index contributed by atoms with van der Waals surface area (Å²) in [6.07, 6.45) is 0. The highest BCUT2D eigenvalue weighted by Gasteiger charge is 2.18. The summed E-state index contributed by atoms with van der Waals surface area (Å²) in [5.74, 6) is 0.589. The maximum Gasteiger partial charge on any atom is 0.314 e. The van der Waals surface area contributed by atoms with Crippen molar-refractivity contribution in [1.82, 2.24) is 0 Å². The Morgan fingerprint density at radius 1 is 1.21 bits per heavy atom. The summed E-state index contributed by atoms with van der Waals surface area (Å²) in [6, 6.07) is 9.57. The molecule has 19 heavy (non-hydrogen) atoms. The molecule has 0 atom stereocenters. The molecule has 98 valence electrons. The van der Waals surface area contributed by atoms with E-state index < -0.39 is 4.92 Å². The average Bonchev–Trinajstić information content (AvgIpc) is 2.26. The number of hydrogen-bond acceptors (Lipinski definition) is 4. The minimum atomic E-state index is -0.472. The number of hydrogen-bond donors (Lipinski definition) is 1. The lowest BCUT2D eigenvalue weighted by Gasteiger charge is -2.08. The highest BCUT2D eigenvalue weighted by Crippen LogP contribution is 2.35. The van der Waals surface area contributed by atoms with Gasteiger partial charge in [-0.1, -0.05) is 12.1 Å². The Morgan fingerprint density at radius 2 is 1.95 bits per heavy atom. The van der Waals surface area contributed by atoms with Gasteiger partial charge in [0.15, 0.2) is 0 Å². The number of phenols is 1. The van der Waals surface area contributed by atoms with E-state index in [-0.39, 0.29) is 17.2 Å². The first-order valence-corrected chi connectivity index (χ1v) is 5.70. The predicted octanol–water partition coefficient (Wildman–Crippen LogP) is 3.71. The molecule has 0 aliphatic rings. The van der Waals surface area contributed by atoms with Crippen LogP contribution < -0.4 is 4.74 Å². The van der Waals surface area contributed by atoms with E-state index in [4.69, 9.17) is 4.74 Å². The van der Waals surface area contributed by atoms with Gasteiger partial charge in [0.25, 0.3) is 0 Å². The Morgan fingerprint density at radius 3 is 2.58 bits per heavy atom. The fourth-order valence-electron chi connectivity index (χ4n) is 1.86. The summed E-state index contributed by atoms with van der Waals surface area (Å²) in [5.41, 5.74) is 1.27. The largest absolute Gasteiger partial charge is 0.508 e. The minimum absolute atomic E-state index is 0.0605. The predicted molar refractivity (Wildman–Crippen MR) is 70.8 cm³/mol. The van der Waals surface area contributed by atoms with Crippen LogP contribution in [0.4, 0.5) is 5.69 Å². The molecule has 5 heteroatoms. The second-order valence-electron chi connectivity index (χ2n) is 4.29.